The van der Waals surface area contributed by atoms with Gasteiger partial charge in [0.05, 0.1) is 0 Å². The summed E-state index contributed by atoms with van der Waals surface area (Å²) in [6.45, 7) is 1.41. The van der Waals surface area contributed by atoms with Crippen LogP contribution in [0.2, 0.25) is 0 Å². The zero-order valence-electron chi connectivity index (χ0n) is 16.3. The predicted molar refractivity (Wildman–Crippen MR) is 113 cm³/mol. The number of carbonyl (C=O) groups excluding carboxylic acids is 2. The fraction of sp³-hybridized carbons (Fsp3) is 0.190. The third-order valence-corrected chi connectivity index (χ3v) is 5.04. The van der Waals surface area contributed by atoms with Crippen LogP contribution < -0.4 is 10.6 Å². The second-order valence-corrected chi connectivity index (χ2v) is 7.62. The van der Waals surface area contributed by atoms with Crippen molar-refractivity contribution in [3.63, 3.8) is 0 Å². The lowest BCUT2D eigenvalue weighted by atomic mass is 10.0. The molecule has 0 saturated carbocycles. The highest BCUT2D eigenvalue weighted by Gasteiger charge is 2.27. The Morgan fingerprint density at radius 2 is 1.69 bits per heavy atom. The van der Waals surface area contributed by atoms with E-state index in [9.17, 15) is 14.0 Å². The maximum atomic E-state index is 14.3. The summed E-state index contributed by atoms with van der Waals surface area (Å²) in [5.74, 6) is -1.10. The van der Waals surface area contributed by atoms with Crippen LogP contribution in [0.3, 0.4) is 0 Å². The fourth-order valence-corrected chi connectivity index (χ4v) is 3.87. The number of amides is 2. The van der Waals surface area contributed by atoms with Gasteiger partial charge in [0, 0.05) is 18.1 Å². The molecule has 3 aromatic rings. The number of halogens is 1. The Bertz CT molecular complexity index is 1020. The highest BCUT2D eigenvalue weighted by molar-refractivity contribution is 7.20. The van der Waals surface area contributed by atoms with Gasteiger partial charge in [-0.05, 0) is 20.2 Å². The molecule has 0 aliphatic rings. The Labute approximate surface area is 172 Å². The summed E-state index contributed by atoms with van der Waals surface area (Å²) in [6.07, 6.45) is 0. The number of anilines is 2. The molecule has 1 aromatic heterocycles. The van der Waals surface area contributed by atoms with E-state index in [2.05, 4.69) is 15.6 Å². The lowest BCUT2D eigenvalue weighted by molar-refractivity contribution is -0.120. The van der Waals surface area contributed by atoms with Gasteiger partial charge in [0.15, 0.2) is 5.13 Å². The highest BCUT2D eigenvalue weighted by atomic mass is 32.1. The molecule has 150 valence electrons. The third-order valence-electron chi connectivity index (χ3n) is 4.16. The second-order valence-electron chi connectivity index (χ2n) is 6.62. The molecule has 0 fully saturated rings. The minimum absolute atomic E-state index is 0.235. The molecule has 0 aliphatic carbocycles. The van der Waals surface area contributed by atoms with Crippen LogP contribution in [0.1, 0.15) is 18.5 Å². The Morgan fingerprint density at radius 1 is 1.03 bits per heavy atom. The van der Waals surface area contributed by atoms with E-state index in [0.29, 0.717) is 15.8 Å². The first-order chi connectivity index (χ1) is 13.9. The molecule has 1 heterocycles. The quantitative estimate of drug-likeness (QED) is 0.638. The number of thiazole rings is 1. The third kappa shape index (κ3) is 4.85. The molecule has 2 aromatic carbocycles. The van der Waals surface area contributed by atoms with Crippen molar-refractivity contribution in [1.82, 2.24) is 9.88 Å². The molecule has 3 rings (SSSR count). The molecule has 0 aliphatic heterocycles. The van der Waals surface area contributed by atoms with Crippen molar-refractivity contribution in [2.75, 3.05) is 24.7 Å². The summed E-state index contributed by atoms with van der Waals surface area (Å²) in [4.78, 5) is 30.7. The van der Waals surface area contributed by atoms with Gasteiger partial charge in [-0.3, -0.25) is 14.5 Å². The minimum atomic E-state index is -0.829. The molecular formula is C21H21FN4O2S. The molecule has 0 saturated heterocycles. The highest BCUT2D eigenvalue weighted by Crippen LogP contribution is 2.36. The summed E-state index contributed by atoms with van der Waals surface area (Å²) >= 11 is 1.15. The summed E-state index contributed by atoms with van der Waals surface area (Å²) in [6, 6.07) is 14.7. The average molecular weight is 412 g/mol. The van der Waals surface area contributed by atoms with Crippen molar-refractivity contribution < 1.29 is 14.0 Å². The Balaban J connectivity index is 1.92. The maximum absolute atomic E-state index is 14.3. The van der Waals surface area contributed by atoms with Crippen molar-refractivity contribution >= 4 is 33.3 Å². The second kappa shape index (κ2) is 8.93. The molecule has 1 unspecified atom stereocenters. The van der Waals surface area contributed by atoms with E-state index < -0.39 is 17.8 Å². The van der Waals surface area contributed by atoms with E-state index >= 15 is 0 Å². The van der Waals surface area contributed by atoms with Crippen molar-refractivity contribution in [3.8, 4) is 11.3 Å². The molecule has 0 bridgehead atoms. The molecule has 1 atom stereocenters. The van der Waals surface area contributed by atoms with Crippen LogP contribution in [0.5, 0.6) is 0 Å². The topological polar surface area (TPSA) is 74.3 Å². The number of benzene rings is 2. The van der Waals surface area contributed by atoms with Crippen molar-refractivity contribution in [3.05, 3.63) is 66.0 Å². The number of carbonyl (C=O) groups is 2. The van der Waals surface area contributed by atoms with E-state index in [0.717, 1.165) is 16.9 Å². The molecule has 2 N–H and O–H groups in total. The van der Waals surface area contributed by atoms with Crippen molar-refractivity contribution in [2.45, 2.75) is 13.0 Å². The number of rotatable bonds is 6. The van der Waals surface area contributed by atoms with E-state index in [-0.39, 0.29) is 11.5 Å². The minimum Gasteiger partial charge on any atom is -0.316 e. The fourth-order valence-electron chi connectivity index (χ4n) is 2.93. The summed E-state index contributed by atoms with van der Waals surface area (Å²) in [5.41, 5.74) is 1.65. The van der Waals surface area contributed by atoms with Gasteiger partial charge >= 0.3 is 0 Å². The normalized spacial score (nSPS) is 11.9. The lowest BCUT2D eigenvalue weighted by Gasteiger charge is -2.23. The molecule has 8 heteroatoms. The summed E-state index contributed by atoms with van der Waals surface area (Å²) in [7, 11) is 3.41. The van der Waals surface area contributed by atoms with Crippen LogP contribution in [0.15, 0.2) is 54.6 Å². The summed E-state index contributed by atoms with van der Waals surface area (Å²) in [5, 5.41) is 6.37. The monoisotopic (exact) mass is 412 g/mol. The van der Waals surface area contributed by atoms with Gasteiger partial charge in [-0.2, -0.15) is 0 Å². The van der Waals surface area contributed by atoms with E-state index in [4.69, 9.17) is 0 Å². The Morgan fingerprint density at radius 3 is 2.31 bits per heavy atom. The SMILES string of the molecule is CC(=O)Nc1sc(NC(=O)C(c2ccccc2F)N(C)C)nc1-c1ccccc1. The first-order valence-electron chi connectivity index (χ1n) is 8.92. The van der Waals surface area contributed by atoms with Crippen LogP contribution >= 0.6 is 11.3 Å². The summed E-state index contributed by atoms with van der Waals surface area (Å²) < 4.78 is 14.3. The Hall–Kier alpha value is -3.10. The maximum Gasteiger partial charge on any atom is 0.248 e. The number of likely N-dealkylation sites (N-methyl/N-ethyl adjacent to an activating group) is 1. The van der Waals surface area contributed by atoms with Gasteiger partial charge in [0.2, 0.25) is 11.8 Å². The molecule has 0 spiro atoms. The molecular weight excluding hydrogens is 391 g/mol. The van der Waals surface area contributed by atoms with Gasteiger partial charge in [-0.25, -0.2) is 9.37 Å². The van der Waals surface area contributed by atoms with Crippen LogP contribution in [-0.4, -0.2) is 35.8 Å². The van der Waals surface area contributed by atoms with Crippen molar-refractivity contribution in [1.29, 1.82) is 0 Å². The van der Waals surface area contributed by atoms with Gasteiger partial charge in [-0.1, -0.05) is 59.9 Å². The van der Waals surface area contributed by atoms with Gasteiger partial charge in [-0.15, -0.1) is 0 Å². The zero-order valence-corrected chi connectivity index (χ0v) is 17.1. The van der Waals surface area contributed by atoms with Gasteiger partial charge in [0.25, 0.3) is 0 Å². The van der Waals surface area contributed by atoms with E-state index in [1.165, 1.54) is 13.0 Å². The number of nitrogens with one attached hydrogen (secondary N) is 2. The van der Waals surface area contributed by atoms with Crippen LogP contribution in [0, 0.1) is 5.82 Å². The van der Waals surface area contributed by atoms with E-state index in [1.807, 2.05) is 30.3 Å². The smallest absolute Gasteiger partial charge is 0.248 e. The largest absolute Gasteiger partial charge is 0.316 e. The molecule has 29 heavy (non-hydrogen) atoms. The molecule has 6 nitrogen and oxygen atoms in total. The number of aromatic nitrogens is 1. The Kier molecular flexibility index (Phi) is 6.36. The first-order valence-corrected chi connectivity index (χ1v) is 9.74. The molecule has 2 amide bonds. The first kappa shape index (κ1) is 20.6. The van der Waals surface area contributed by atoms with Crippen molar-refractivity contribution in [2.24, 2.45) is 0 Å². The van der Waals surface area contributed by atoms with Crippen LogP contribution in [0.4, 0.5) is 14.5 Å². The van der Waals surface area contributed by atoms with E-state index in [1.54, 1.807) is 37.2 Å². The standard InChI is InChI=1S/C21H21FN4O2S/c1-13(27)23-20-17(14-9-5-4-6-10-14)24-21(29-20)25-19(28)18(26(2)3)15-11-7-8-12-16(15)22/h4-12,18H,1-3H3,(H,23,27)(H,24,25,28). The molecule has 0 radical (unpaired) electrons. The predicted octanol–water partition coefficient (Wildman–Crippen LogP) is 4.15. The zero-order chi connectivity index (χ0) is 21.0. The average Bonchev–Trinajstić information content (AvgIpc) is 3.05. The van der Waals surface area contributed by atoms with Gasteiger partial charge < -0.3 is 10.6 Å². The number of nitrogens with zero attached hydrogens (tertiary/aromatic N) is 2. The lowest BCUT2D eigenvalue weighted by Crippen LogP contribution is -2.32. The number of hydrogen-bond donors (Lipinski definition) is 2. The van der Waals surface area contributed by atoms with Crippen LogP contribution in [0.25, 0.3) is 11.3 Å². The van der Waals surface area contributed by atoms with Crippen LogP contribution in [-0.2, 0) is 9.59 Å². The number of hydrogen-bond acceptors (Lipinski definition) is 5. The van der Waals surface area contributed by atoms with Gasteiger partial charge in [0.1, 0.15) is 22.6 Å².